The van der Waals surface area contributed by atoms with E-state index >= 15 is 0 Å². The van der Waals surface area contributed by atoms with Gasteiger partial charge in [0.05, 0.1) is 18.2 Å². The number of benzene rings is 1. The number of allylic oxidation sites excluding steroid dienone is 1. The summed E-state index contributed by atoms with van der Waals surface area (Å²) < 4.78 is 18.2. The van der Waals surface area contributed by atoms with Gasteiger partial charge in [0.25, 0.3) is 5.91 Å². The fourth-order valence-corrected chi connectivity index (χ4v) is 8.22. The molecule has 19 heteroatoms. The number of ether oxygens (including phenoxy) is 3. The summed E-state index contributed by atoms with van der Waals surface area (Å²) in [4.78, 5) is 116. The second kappa shape index (κ2) is 30.8. The molecule has 0 unspecified atom stereocenters. The number of likely N-dealkylation sites (N-methyl/N-ethyl adjacent to an activating group) is 2. The summed E-state index contributed by atoms with van der Waals surface area (Å²) in [5, 5.41) is 20.7. The minimum absolute atomic E-state index is 0.0381. The van der Waals surface area contributed by atoms with Crippen molar-refractivity contribution < 1.29 is 52.6 Å². The van der Waals surface area contributed by atoms with Gasteiger partial charge < -0.3 is 50.2 Å². The molecule has 6 amide bonds. The molecule has 19 nitrogen and oxygen atoms in total. The molecule has 1 aliphatic heterocycles. The number of amides is 6. The first-order valence-electron chi connectivity index (χ1n) is 25.9. The van der Waals surface area contributed by atoms with Crippen molar-refractivity contribution in [2.45, 2.75) is 170 Å². The van der Waals surface area contributed by atoms with Crippen molar-refractivity contribution in [2.24, 2.45) is 17.8 Å². The van der Waals surface area contributed by atoms with E-state index in [2.05, 4.69) is 27.3 Å². The number of hydrogen-bond acceptors (Lipinski definition) is 13. The SMILES string of the molecule is C/C=C(\C)[C@H]1OC(=O)C(C)(C)NC(=O)[C@H]([C@H](C)CC)NC(=O)CN(C)C(=O)[C@@H](Cc2ccc(C#N)cc2)N(C)C(=O)[C@H](C)NC(=O)[C@@H](CC(C)C)OC(=O)/C(C)=C/C[C@H](OC(=O)N(C)CCCCCCNC)[C@@H]1C. The fraction of sp³-hybridized carbons (Fsp3) is 0.655. The fourth-order valence-electron chi connectivity index (χ4n) is 8.22. The van der Waals surface area contributed by atoms with E-state index in [4.69, 9.17) is 14.2 Å². The number of nitrogens with zero attached hydrogens (tertiary/aromatic N) is 4. The lowest BCUT2D eigenvalue weighted by atomic mass is 9.90. The highest BCUT2D eigenvalue weighted by Crippen LogP contribution is 2.28. The Balaban J connectivity index is 2.76. The van der Waals surface area contributed by atoms with Crippen molar-refractivity contribution in [2.75, 3.05) is 47.8 Å². The van der Waals surface area contributed by atoms with E-state index in [0.29, 0.717) is 29.7 Å². The van der Waals surface area contributed by atoms with Gasteiger partial charge in [0, 0.05) is 52.0 Å². The van der Waals surface area contributed by atoms with Crippen molar-refractivity contribution in [3.63, 3.8) is 0 Å². The Morgan fingerprint density at radius 1 is 0.973 bits per heavy atom. The maximum absolute atomic E-state index is 14.4. The molecule has 1 aliphatic rings. The van der Waals surface area contributed by atoms with E-state index in [1.807, 2.05) is 27.8 Å². The Labute approximate surface area is 439 Å². The third kappa shape index (κ3) is 19.9. The van der Waals surface area contributed by atoms with Crippen molar-refractivity contribution in [3.05, 3.63) is 58.7 Å². The molecule has 8 atom stereocenters. The van der Waals surface area contributed by atoms with Crippen LogP contribution in [0.1, 0.15) is 132 Å². The number of cyclic esters (lactones) is 2. The molecule has 4 N–H and O–H groups in total. The van der Waals surface area contributed by atoms with Crippen molar-refractivity contribution in [3.8, 4) is 6.07 Å². The summed E-state index contributed by atoms with van der Waals surface area (Å²) in [6.45, 7) is 19.2. The summed E-state index contributed by atoms with van der Waals surface area (Å²) in [6, 6.07) is 4.89. The standard InChI is InChI=1S/C55H86N8O11/c1-16-35(5)46-49(66)60-55(10,11)53(70)74-47(36(6)17-2)38(8)43(73-54(71)61(13)29-21-19-18-20-28-57-12)27-22-37(7)52(69)72-44(30-34(3)4)48(65)58-39(9)50(67)63(15)42(51(68)62(14)33-45(64)59-46)31-40-23-25-41(32-56)26-24-40/h17,22-26,34-35,38-39,42-44,46-47,57H,16,18-21,27-31,33H2,1-15H3,(H,58,65)(H,59,64)(H,60,66)/b36-17+,37-22+/t35-,38+,39+,42-,43+,44-,46+,47-/m1/s1. The Kier molecular flexibility index (Phi) is 26.6. The average Bonchev–Trinajstić information content (AvgIpc) is 3.36. The zero-order chi connectivity index (χ0) is 56.0. The van der Waals surface area contributed by atoms with Crippen molar-refractivity contribution in [1.29, 1.82) is 5.26 Å². The van der Waals surface area contributed by atoms with Crippen LogP contribution in [0.2, 0.25) is 0 Å². The van der Waals surface area contributed by atoms with E-state index in [-0.39, 0.29) is 30.8 Å². The highest BCUT2D eigenvalue weighted by molar-refractivity contribution is 5.96. The van der Waals surface area contributed by atoms with Crippen LogP contribution in [0, 0.1) is 29.1 Å². The van der Waals surface area contributed by atoms with Gasteiger partial charge in [-0.25, -0.2) is 14.4 Å². The highest BCUT2D eigenvalue weighted by atomic mass is 16.6. The molecule has 0 fully saturated rings. The summed E-state index contributed by atoms with van der Waals surface area (Å²) >= 11 is 0. The van der Waals surface area contributed by atoms with Gasteiger partial charge in [0.1, 0.15) is 35.9 Å². The van der Waals surface area contributed by atoms with Crippen LogP contribution in [0.15, 0.2) is 47.6 Å². The van der Waals surface area contributed by atoms with Gasteiger partial charge >= 0.3 is 18.0 Å². The van der Waals surface area contributed by atoms with Gasteiger partial charge in [-0.3, -0.25) is 24.0 Å². The summed E-state index contributed by atoms with van der Waals surface area (Å²) in [5.74, 6) is -6.40. The second-order valence-corrected chi connectivity index (χ2v) is 20.7. The molecule has 0 saturated heterocycles. The number of carbonyl (C=O) groups is 8. The maximum atomic E-state index is 14.4. The summed E-state index contributed by atoms with van der Waals surface area (Å²) in [6.07, 6.45) is 3.44. The second-order valence-electron chi connectivity index (χ2n) is 20.7. The van der Waals surface area contributed by atoms with Crippen molar-refractivity contribution >= 4 is 47.6 Å². The summed E-state index contributed by atoms with van der Waals surface area (Å²) in [5.41, 5.74) is 0.0178. The third-order valence-corrected chi connectivity index (χ3v) is 13.5. The molecular weight excluding hydrogens is 949 g/mol. The smallest absolute Gasteiger partial charge is 0.409 e. The van der Waals surface area contributed by atoms with Gasteiger partial charge in [0.2, 0.25) is 23.6 Å². The zero-order valence-electron chi connectivity index (χ0n) is 46.7. The molecule has 412 valence electrons. The maximum Gasteiger partial charge on any atom is 0.409 e. The number of unbranched alkanes of at least 4 members (excludes halogenated alkanes) is 3. The van der Waals surface area contributed by atoms with Gasteiger partial charge in [0.15, 0.2) is 6.10 Å². The first kappa shape index (κ1) is 63.8. The first-order valence-corrected chi connectivity index (χ1v) is 25.9. The molecule has 0 radical (unpaired) electrons. The zero-order valence-corrected chi connectivity index (χ0v) is 46.7. The van der Waals surface area contributed by atoms with Crippen LogP contribution in [0.5, 0.6) is 0 Å². The van der Waals surface area contributed by atoms with E-state index < -0.39 is 108 Å². The Hall–Kier alpha value is -6.29. The van der Waals surface area contributed by atoms with Crippen LogP contribution in [0.25, 0.3) is 0 Å². The number of hydrogen-bond donors (Lipinski definition) is 4. The first-order chi connectivity index (χ1) is 34.7. The van der Waals surface area contributed by atoms with Gasteiger partial charge in [-0.05, 0) is 110 Å². The summed E-state index contributed by atoms with van der Waals surface area (Å²) in [7, 11) is 6.31. The quantitative estimate of drug-likeness (QED) is 0.0750. The minimum Gasteiger partial charge on any atom is -0.456 e. The Morgan fingerprint density at radius 3 is 2.19 bits per heavy atom. The number of nitrogens with one attached hydrogen (secondary N) is 4. The molecule has 2 rings (SSSR count). The largest absolute Gasteiger partial charge is 0.456 e. The van der Waals surface area contributed by atoms with E-state index in [1.54, 1.807) is 65.1 Å². The lowest BCUT2D eigenvalue weighted by Crippen LogP contribution is -2.60. The van der Waals surface area contributed by atoms with Crippen LogP contribution >= 0.6 is 0 Å². The average molecular weight is 1040 g/mol. The van der Waals surface area contributed by atoms with Crippen LogP contribution in [0.3, 0.4) is 0 Å². The van der Waals surface area contributed by atoms with E-state index in [9.17, 15) is 43.6 Å². The monoisotopic (exact) mass is 1030 g/mol. The van der Waals surface area contributed by atoms with Gasteiger partial charge in [-0.15, -0.1) is 0 Å². The number of carbonyl (C=O) groups excluding carboxylic acids is 8. The van der Waals surface area contributed by atoms with Crippen LogP contribution in [-0.4, -0.2) is 152 Å². The normalized spacial score (nSPS) is 24.9. The molecule has 0 aliphatic carbocycles. The molecule has 74 heavy (non-hydrogen) atoms. The van der Waals surface area contributed by atoms with Gasteiger partial charge in [-0.2, -0.15) is 5.26 Å². The number of nitriles is 1. The third-order valence-electron chi connectivity index (χ3n) is 13.5. The van der Waals surface area contributed by atoms with Gasteiger partial charge in [-0.1, -0.05) is 78.2 Å². The van der Waals surface area contributed by atoms with E-state index in [0.717, 1.165) is 37.1 Å². The van der Waals surface area contributed by atoms with Crippen LogP contribution in [0.4, 0.5) is 4.79 Å². The predicted molar refractivity (Wildman–Crippen MR) is 282 cm³/mol. The lowest BCUT2D eigenvalue weighted by Gasteiger charge is -2.35. The highest BCUT2D eigenvalue weighted by Gasteiger charge is 2.41. The van der Waals surface area contributed by atoms with Crippen molar-refractivity contribution in [1.82, 2.24) is 36.0 Å². The topological polar surface area (TPSA) is 246 Å². The lowest BCUT2D eigenvalue weighted by molar-refractivity contribution is -0.160. The van der Waals surface area contributed by atoms with Crippen LogP contribution in [-0.2, 0) is 54.2 Å². The Bertz CT molecular complexity index is 2190. The number of rotatable bonds is 15. The molecule has 0 spiro atoms. The number of esters is 2. The molecule has 0 saturated carbocycles. The molecule has 0 aromatic heterocycles. The minimum atomic E-state index is -1.66. The molecule has 1 aromatic rings. The van der Waals surface area contributed by atoms with Crippen LogP contribution < -0.4 is 21.3 Å². The molecule has 0 bridgehead atoms. The molecule has 1 heterocycles. The molecular formula is C55H86N8O11. The Morgan fingerprint density at radius 2 is 1.61 bits per heavy atom. The predicted octanol–water partition coefficient (Wildman–Crippen LogP) is 5.36. The van der Waals surface area contributed by atoms with E-state index in [1.165, 1.54) is 57.7 Å². The molecule has 1 aromatic carbocycles.